The van der Waals surface area contributed by atoms with Gasteiger partial charge >= 0.3 is 17.9 Å². The number of nitrogens with one attached hydrogen (secondary N) is 3. The molecule has 0 saturated carbocycles. The Morgan fingerprint density at radius 1 is 0.806 bits per heavy atom. The quantitative estimate of drug-likeness (QED) is 0.140. The Morgan fingerprint density at radius 2 is 1.32 bits per heavy atom. The van der Waals surface area contributed by atoms with E-state index in [9.17, 15) is 28.8 Å². The number of amides is 3. The predicted octanol–water partition coefficient (Wildman–Crippen LogP) is -2.03. The number of carboxylic acid groups (broad SMARTS) is 3. The fourth-order valence-corrected chi connectivity index (χ4v) is 2.73. The Morgan fingerprint density at radius 3 is 1.77 bits per heavy atom. The van der Waals surface area contributed by atoms with Crippen molar-refractivity contribution in [2.45, 2.75) is 56.8 Å². The number of carbonyl (C=O) groups excluding carboxylic acids is 3. The fraction of sp³-hybridized carbons (Fsp3) is 0.647. The van der Waals surface area contributed by atoms with Gasteiger partial charge in [0, 0.05) is 6.42 Å². The number of hydrogen-bond donors (Lipinski definition) is 7. The van der Waals surface area contributed by atoms with Crippen LogP contribution in [0.2, 0.25) is 0 Å². The van der Waals surface area contributed by atoms with Gasteiger partial charge in [0.05, 0.1) is 12.5 Å². The SMILES string of the molecule is CSCCC(NC(=O)C(C)N)C(=O)NC(CC(=O)O)C(=O)NC(CCC(=O)O)C(=O)O. The van der Waals surface area contributed by atoms with Gasteiger partial charge in [0.1, 0.15) is 18.1 Å². The lowest BCUT2D eigenvalue weighted by atomic mass is 10.1. The molecule has 31 heavy (non-hydrogen) atoms. The zero-order valence-electron chi connectivity index (χ0n) is 17.1. The van der Waals surface area contributed by atoms with E-state index < -0.39 is 79.1 Å². The minimum atomic E-state index is -1.65. The van der Waals surface area contributed by atoms with Crippen LogP contribution in [-0.2, 0) is 28.8 Å². The molecule has 4 atom stereocenters. The van der Waals surface area contributed by atoms with Crippen molar-refractivity contribution < 1.29 is 44.1 Å². The van der Waals surface area contributed by atoms with E-state index in [1.54, 1.807) is 6.26 Å². The maximum atomic E-state index is 12.6. The third kappa shape index (κ3) is 11.8. The summed E-state index contributed by atoms with van der Waals surface area (Å²) >= 11 is 1.39. The molecule has 3 amide bonds. The van der Waals surface area contributed by atoms with Crippen molar-refractivity contribution in [1.82, 2.24) is 16.0 Å². The van der Waals surface area contributed by atoms with Crippen molar-refractivity contribution in [2.24, 2.45) is 5.73 Å². The van der Waals surface area contributed by atoms with Gasteiger partial charge < -0.3 is 37.0 Å². The smallest absolute Gasteiger partial charge is 0.326 e. The summed E-state index contributed by atoms with van der Waals surface area (Å²) in [5.41, 5.74) is 5.47. The largest absolute Gasteiger partial charge is 0.481 e. The molecule has 0 bridgehead atoms. The van der Waals surface area contributed by atoms with Crippen LogP contribution < -0.4 is 21.7 Å². The van der Waals surface area contributed by atoms with Gasteiger partial charge in [0.2, 0.25) is 17.7 Å². The van der Waals surface area contributed by atoms with Crippen LogP contribution in [0.25, 0.3) is 0 Å². The first kappa shape index (κ1) is 28.1. The van der Waals surface area contributed by atoms with Crippen LogP contribution in [-0.4, -0.2) is 87.1 Å². The monoisotopic (exact) mass is 464 g/mol. The molecule has 0 aliphatic rings. The average molecular weight is 464 g/mol. The molecule has 0 aliphatic carbocycles. The Balaban J connectivity index is 5.40. The normalized spacial score (nSPS) is 14.4. The highest BCUT2D eigenvalue weighted by Crippen LogP contribution is 2.05. The second kappa shape index (κ2) is 14.2. The number of carboxylic acids is 3. The van der Waals surface area contributed by atoms with Crippen molar-refractivity contribution in [3.8, 4) is 0 Å². The Hall–Kier alpha value is -2.87. The third-order valence-corrected chi connectivity index (χ3v) is 4.57. The Labute approximate surface area is 182 Å². The lowest BCUT2D eigenvalue weighted by Crippen LogP contribution is -2.57. The molecular formula is C17H28N4O9S. The zero-order valence-corrected chi connectivity index (χ0v) is 17.9. The van der Waals surface area contributed by atoms with Gasteiger partial charge in [0.15, 0.2) is 0 Å². The van der Waals surface area contributed by atoms with E-state index >= 15 is 0 Å². The minimum Gasteiger partial charge on any atom is -0.481 e. The number of carbonyl (C=O) groups is 6. The lowest BCUT2D eigenvalue weighted by Gasteiger charge is -2.24. The summed E-state index contributed by atoms with van der Waals surface area (Å²) in [4.78, 5) is 69.9. The van der Waals surface area contributed by atoms with Crippen LogP contribution in [0.15, 0.2) is 0 Å². The van der Waals surface area contributed by atoms with E-state index in [0.717, 1.165) is 0 Å². The van der Waals surface area contributed by atoms with Gasteiger partial charge in [-0.15, -0.1) is 0 Å². The van der Waals surface area contributed by atoms with Crippen molar-refractivity contribution in [3.63, 3.8) is 0 Å². The standard InChI is InChI=1S/C17H28N4O9S/c1-8(18)14(26)19-9(5-6-31-2)15(27)21-11(7-13(24)25)16(28)20-10(17(29)30)3-4-12(22)23/h8-11H,3-7,18H2,1-2H3,(H,19,26)(H,20,28)(H,21,27)(H,22,23)(H,24,25)(H,29,30). The molecule has 0 aromatic heterocycles. The zero-order chi connectivity index (χ0) is 24.1. The van der Waals surface area contributed by atoms with Crippen molar-refractivity contribution in [1.29, 1.82) is 0 Å². The minimum absolute atomic E-state index is 0.170. The molecule has 14 heteroatoms. The summed E-state index contributed by atoms with van der Waals surface area (Å²) in [6.07, 6.45) is 0.0902. The van der Waals surface area contributed by atoms with E-state index in [2.05, 4.69) is 10.6 Å². The second-order valence-electron chi connectivity index (χ2n) is 6.62. The first-order valence-corrected chi connectivity index (χ1v) is 10.6. The highest BCUT2D eigenvalue weighted by Gasteiger charge is 2.31. The van der Waals surface area contributed by atoms with E-state index in [-0.39, 0.29) is 6.42 Å². The lowest BCUT2D eigenvalue weighted by molar-refractivity contribution is -0.144. The number of hydrogen-bond acceptors (Lipinski definition) is 8. The first-order chi connectivity index (χ1) is 14.4. The summed E-state index contributed by atoms with van der Waals surface area (Å²) in [6, 6.07) is -5.26. The molecule has 0 spiro atoms. The molecule has 0 heterocycles. The summed E-state index contributed by atoms with van der Waals surface area (Å²) < 4.78 is 0. The summed E-state index contributed by atoms with van der Waals surface area (Å²) in [5.74, 6) is -6.37. The maximum absolute atomic E-state index is 12.6. The fourth-order valence-electron chi connectivity index (χ4n) is 2.26. The molecule has 0 aromatic rings. The van der Waals surface area contributed by atoms with Crippen LogP contribution >= 0.6 is 11.8 Å². The summed E-state index contributed by atoms with van der Waals surface area (Å²) in [6.45, 7) is 1.41. The van der Waals surface area contributed by atoms with E-state index in [4.69, 9.17) is 21.1 Å². The predicted molar refractivity (Wildman–Crippen MR) is 109 cm³/mol. The molecule has 8 N–H and O–H groups in total. The molecule has 176 valence electrons. The van der Waals surface area contributed by atoms with Gasteiger partial charge in [-0.3, -0.25) is 24.0 Å². The average Bonchev–Trinajstić information content (AvgIpc) is 2.66. The van der Waals surface area contributed by atoms with Gasteiger partial charge in [0.25, 0.3) is 0 Å². The number of nitrogens with two attached hydrogens (primary N) is 1. The topological polar surface area (TPSA) is 225 Å². The highest BCUT2D eigenvalue weighted by atomic mass is 32.2. The van der Waals surface area contributed by atoms with Crippen LogP contribution in [0.3, 0.4) is 0 Å². The maximum Gasteiger partial charge on any atom is 0.326 e. The van der Waals surface area contributed by atoms with Gasteiger partial charge in [-0.2, -0.15) is 11.8 Å². The number of thioether (sulfide) groups is 1. The van der Waals surface area contributed by atoms with Gasteiger partial charge in [-0.05, 0) is 31.8 Å². The van der Waals surface area contributed by atoms with Gasteiger partial charge in [-0.25, -0.2) is 4.79 Å². The highest BCUT2D eigenvalue weighted by molar-refractivity contribution is 7.98. The Bertz CT molecular complexity index is 687. The molecule has 0 rings (SSSR count). The van der Waals surface area contributed by atoms with Gasteiger partial charge in [-0.1, -0.05) is 0 Å². The second-order valence-corrected chi connectivity index (χ2v) is 7.61. The molecule has 0 aromatic carbocycles. The summed E-state index contributed by atoms with van der Waals surface area (Å²) in [5, 5.41) is 33.5. The number of aliphatic carboxylic acids is 3. The van der Waals surface area contributed by atoms with E-state index in [1.165, 1.54) is 18.7 Å². The van der Waals surface area contributed by atoms with E-state index in [0.29, 0.717) is 5.75 Å². The molecule has 0 aliphatic heterocycles. The summed E-state index contributed by atoms with van der Waals surface area (Å²) in [7, 11) is 0. The van der Waals surface area contributed by atoms with Crippen LogP contribution in [0.4, 0.5) is 0 Å². The molecular weight excluding hydrogens is 436 g/mol. The van der Waals surface area contributed by atoms with Crippen LogP contribution in [0.5, 0.6) is 0 Å². The van der Waals surface area contributed by atoms with Crippen LogP contribution in [0, 0.1) is 0 Å². The van der Waals surface area contributed by atoms with Crippen molar-refractivity contribution in [3.05, 3.63) is 0 Å². The Kier molecular flexibility index (Phi) is 12.9. The molecule has 13 nitrogen and oxygen atoms in total. The molecule has 0 saturated heterocycles. The molecule has 0 radical (unpaired) electrons. The van der Waals surface area contributed by atoms with Crippen molar-refractivity contribution in [2.75, 3.05) is 12.0 Å². The third-order valence-electron chi connectivity index (χ3n) is 3.93. The molecule has 4 unspecified atom stereocenters. The molecule has 0 fully saturated rings. The van der Waals surface area contributed by atoms with Crippen LogP contribution in [0.1, 0.15) is 32.6 Å². The van der Waals surface area contributed by atoms with Crippen molar-refractivity contribution >= 4 is 47.4 Å². The van der Waals surface area contributed by atoms with E-state index in [1.807, 2.05) is 5.32 Å². The number of rotatable bonds is 15. The first-order valence-electron chi connectivity index (χ1n) is 9.21.